The molecule has 6 heteroatoms. The van der Waals surface area contributed by atoms with Gasteiger partial charge < -0.3 is 0 Å². The molecule has 2 heterocycles. The van der Waals surface area contributed by atoms with Crippen LogP contribution in [-0.2, 0) is 16.1 Å². The van der Waals surface area contributed by atoms with Crippen LogP contribution in [-0.4, -0.2) is 21.6 Å². The van der Waals surface area contributed by atoms with Crippen molar-refractivity contribution in [3.05, 3.63) is 59.3 Å². The van der Waals surface area contributed by atoms with Crippen molar-refractivity contribution in [3.8, 4) is 0 Å². The summed E-state index contributed by atoms with van der Waals surface area (Å²) in [5.41, 5.74) is 1.05. The average molecular weight is 354 g/mol. The Hall–Kier alpha value is -2.40. The van der Waals surface area contributed by atoms with Crippen LogP contribution in [0.2, 0.25) is 5.02 Å². The van der Waals surface area contributed by atoms with Crippen LogP contribution in [0.1, 0.15) is 12.0 Å². The van der Waals surface area contributed by atoms with Gasteiger partial charge >= 0.3 is 0 Å². The summed E-state index contributed by atoms with van der Waals surface area (Å²) in [7, 11) is 0. The quantitative estimate of drug-likeness (QED) is 0.629. The van der Waals surface area contributed by atoms with Gasteiger partial charge in [0.1, 0.15) is 0 Å². The molecule has 1 saturated heterocycles. The van der Waals surface area contributed by atoms with Crippen LogP contribution in [0.4, 0.5) is 5.82 Å². The number of benzene rings is 1. The molecule has 0 unspecified atom stereocenters. The first kappa shape index (κ1) is 14.9. The Balaban J connectivity index is 1.40. The number of imide groups is 1. The lowest BCUT2D eigenvalue weighted by molar-refractivity contribution is -0.123. The van der Waals surface area contributed by atoms with E-state index in [1.807, 2.05) is 24.3 Å². The third-order valence-electron chi connectivity index (χ3n) is 5.58. The minimum Gasteiger partial charge on any atom is -0.274 e. The van der Waals surface area contributed by atoms with E-state index in [0.717, 1.165) is 12.0 Å². The molecule has 2 bridgehead atoms. The summed E-state index contributed by atoms with van der Waals surface area (Å²) in [6, 6.07) is 9.27. The third-order valence-corrected chi connectivity index (χ3v) is 5.84. The van der Waals surface area contributed by atoms with Crippen LogP contribution in [0.3, 0.4) is 0 Å². The fourth-order valence-corrected chi connectivity index (χ4v) is 4.59. The molecule has 0 N–H and O–H groups in total. The van der Waals surface area contributed by atoms with Gasteiger partial charge in [0.25, 0.3) is 0 Å². The lowest BCUT2D eigenvalue weighted by Gasteiger charge is -2.14. The molecule has 0 spiro atoms. The van der Waals surface area contributed by atoms with Crippen LogP contribution in [0.5, 0.6) is 0 Å². The summed E-state index contributed by atoms with van der Waals surface area (Å²) >= 11 is 5.90. The number of halogens is 1. The summed E-state index contributed by atoms with van der Waals surface area (Å²) in [5.74, 6) is 0.290. The normalized spacial score (nSPS) is 29.7. The highest BCUT2D eigenvalue weighted by molar-refractivity contribution is 6.30. The molecule has 5 rings (SSSR count). The molecule has 0 radical (unpaired) electrons. The maximum absolute atomic E-state index is 12.8. The number of nitrogens with zero attached hydrogens (tertiary/aromatic N) is 3. The highest BCUT2D eigenvalue weighted by Crippen LogP contribution is 2.53. The number of allylic oxidation sites excluding steroid dienone is 2. The standard InChI is InChI=1S/C19H16ClN3O2/c20-14-5-1-11(2-6-14)10-22-8-7-15(21-22)23-18(24)16-12-3-4-13(9-12)17(16)19(23)25/h1-8,12-13,16-17H,9-10H2/t12-,13-,16-,17+/m0/s1. The van der Waals surface area contributed by atoms with Crippen LogP contribution >= 0.6 is 11.6 Å². The third kappa shape index (κ3) is 2.19. The molecule has 1 saturated carbocycles. The number of amides is 2. The van der Waals surface area contributed by atoms with Crippen molar-refractivity contribution < 1.29 is 9.59 Å². The van der Waals surface area contributed by atoms with Crippen molar-refractivity contribution >= 4 is 29.2 Å². The van der Waals surface area contributed by atoms with Crippen molar-refractivity contribution in [2.45, 2.75) is 13.0 Å². The van der Waals surface area contributed by atoms with Crippen molar-refractivity contribution in [2.24, 2.45) is 23.7 Å². The summed E-state index contributed by atoms with van der Waals surface area (Å²) < 4.78 is 1.74. The zero-order chi connectivity index (χ0) is 17.1. The minimum atomic E-state index is -0.191. The van der Waals surface area contributed by atoms with Crippen LogP contribution in [0, 0.1) is 23.7 Å². The highest BCUT2D eigenvalue weighted by Gasteiger charge is 2.59. The molecule has 4 atom stereocenters. The van der Waals surface area contributed by atoms with Gasteiger partial charge in [0.15, 0.2) is 5.82 Å². The number of fused-ring (bicyclic) bond motifs is 5. The van der Waals surface area contributed by atoms with E-state index in [1.54, 1.807) is 16.9 Å². The second kappa shape index (κ2) is 5.30. The van der Waals surface area contributed by atoms with Gasteiger partial charge in [0, 0.05) is 17.3 Å². The molecule has 2 amide bonds. The molecule has 1 aromatic carbocycles. The number of hydrogen-bond donors (Lipinski definition) is 0. The predicted molar refractivity (Wildman–Crippen MR) is 93.0 cm³/mol. The fraction of sp³-hybridized carbons (Fsp3) is 0.316. The lowest BCUT2D eigenvalue weighted by Crippen LogP contribution is -2.33. The Bertz CT molecular complexity index is 872. The molecule has 3 aliphatic rings. The van der Waals surface area contributed by atoms with E-state index in [-0.39, 0.29) is 35.5 Å². The monoisotopic (exact) mass is 353 g/mol. The Morgan fingerprint density at radius 2 is 1.64 bits per heavy atom. The molecule has 25 heavy (non-hydrogen) atoms. The molecule has 1 aromatic heterocycles. The van der Waals surface area contributed by atoms with Gasteiger partial charge in [-0.1, -0.05) is 35.9 Å². The average Bonchev–Trinajstić information content (AvgIpc) is 3.35. The highest BCUT2D eigenvalue weighted by atomic mass is 35.5. The number of carbonyl (C=O) groups excluding carboxylic acids is 2. The van der Waals surface area contributed by atoms with Gasteiger partial charge in [0.05, 0.1) is 18.4 Å². The predicted octanol–water partition coefficient (Wildman–Crippen LogP) is 2.90. The van der Waals surface area contributed by atoms with Crippen LogP contribution in [0.15, 0.2) is 48.7 Å². The Morgan fingerprint density at radius 3 is 2.28 bits per heavy atom. The summed E-state index contributed by atoms with van der Waals surface area (Å²) in [5, 5.41) is 5.14. The SMILES string of the molecule is O=C1[C@@H]2[C@H](C(=O)N1c1ccn(Cc3ccc(Cl)cc3)n1)[C@H]1C=C[C@H]2C1. The zero-order valence-corrected chi connectivity index (χ0v) is 14.1. The molecule has 5 nitrogen and oxygen atoms in total. The number of rotatable bonds is 3. The number of carbonyl (C=O) groups is 2. The zero-order valence-electron chi connectivity index (χ0n) is 13.4. The van der Waals surface area contributed by atoms with Crippen molar-refractivity contribution in [2.75, 3.05) is 4.90 Å². The summed E-state index contributed by atoms with van der Waals surface area (Å²) in [6.45, 7) is 0.563. The van der Waals surface area contributed by atoms with Crippen molar-refractivity contribution in [3.63, 3.8) is 0 Å². The largest absolute Gasteiger partial charge is 0.274 e. The van der Waals surface area contributed by atoms with Crippen LogP contribution in [0.25, 0.3) is 0 Å². The molecular formula is C19H16ClN3O2. The maximum atomic E-state index is 12.8. The van der Waals surface area contributed by atoms with Crippen molar-refractivity contribution in [1.29, 1.82) is 0 Å². The Kier molecular flexibility index (Phi) is 3.16. The molecule has 2 aromatic rings. The first-order valence-electron chi connectivity index (χ1n) is 8.46. The van der Waals surface area contributed by atoms with E-state index in [4.69, 9.17) is 11.6 Å². The molecule has 2 aliphatic carbocycles. The van der Waals surface area contributed by atoms with Gasteiger partial charge in [-0.15, -0.1) is 0 Å². The smallest absolute Gasteiger partial charge is 0.239 e. The van der Waals surface area contributed by atoms with E-state index < -0.39 is 0 Å². The van der Waals surface area contributed by atoms with Gasteiger partial charge in [-0.25, -0.2) is 4.90 Å². The number of aromatic nitrogens is 2. The van der Waals surface area contributed by atoms with Gasteiger partial charge in [-0.05, 0) is 36.0 Å². The van der Waals surface area contributed by atoms with Gasteiger partial charge in [-0.2, -0.15) is 5.10 Å². The molecule has 1 aliphatic heterocycles. The number of hydrogen-bond acceptors (Lipinski definition) is 3. The summed E-state index contributed by atoms with van der Waals surface area (Å²) in [6.07, 6.45) is 6.93. The van der Waals surface area contributed by atoms with E-state index in [0.29, 0.717) is 17.4 Å². The maximum Gasteiger partial charge on any atom is 0.239 e. The second-order valence-electron chi connectivity index (χ2n) is 7.01. The second-order valence-corrected chi connectivity index (χ2v) is 7.45. The fourth-order valence-electron chi connectivity index (χ4n) is 4.46. The Labute approximate surface area is 149 Å². The van der Waals surface area contributed by atoms with Gasteiger partial charge in [0.2, 0.25) is 11.8 Å². The first-order chi connectivity index (χ1) is 12.1. The molecule has 2 fully saturated rings. The Morgan fingerprint density at radius 1 is 1.00 bits per heavy atom. The minimum absolute atomic E-state index is 0.0939. The topological polar surface area (TPSA) is 55.2 Å². The van der Waals surface area contributed by atoms with E-state index in [2.05, 4.69) is 17.3 Å². The van der Waals surface area contributed by atoms with E-state index in [9.17, 15) is 9.59 Å². The number of anilines is 1. The van der Waals surface area contributed by atoms with Crippen LogP contribution < -0.4 is 4.90 Å². The molecule has 126 valence electrons. The van der Waals surface area contributed by atoms with Gasteiger partial charge in [-0.3, -0.25) is 14.3 Å². The molecular weight excluding hydrogens is 338 g/mol. The first-order valence-corrected chi connectivity index (χ1v) is 8.83. The summed E-state index contributed by atoms with van der Waals surface area (Å²) in [4.78, 5) is 26.9. The van der Waals surface area contributed by atoms with E-state index >= 15 is 0 Å². The lowest BCUT2D eigenvalue weighted by atomic mass is 9.85. The van der Waals surface area contributed by atoms with Crippen molar-refractivity contribution in [1.82, 2.24) is 9.78 Å². The van der Waals surface area contributed by atoms with E-state index in [1.165, 1.54) is 4.90 Å².